The van der Waals surface area contributed by atoms with Crippen LogP contribution in [0.4, 0.5) is 0 Å². The molecule has 1 aliphatic carbocycles. The van der Waals surface area contributed by atoms with Gasteiger partial charge in [-0.15, -0.1) is 0 Å². The summed E-state index contributed by atoms with van der Waals surface area (Å²) in [5.41, 5.74) is 4.11. The van der Waals surface area contributed by atoms with Crippen molar-refractivity contribution in [3.05, 3.63) is 40.6 Å². The smallest absolute Gasteiger partial charge is 0.336 e. The van der Waals surface area contributed by atoms with Crippen molar-refractivity contribution in [3.63, 3.8) is 0 Å². The Labute approximate surface area is 105 Å². The third-order valence-corrected chi connectivity index (χ3v) is 3.68. The number of benzene rings is 1. The van der Waals surface area contributed by atoms with Crippen molar-refractivity contribution in [1.82, 2.24) is 4.98 Å². The summed E-state index contributed by atoms with van der Waals surface area (Å²) in [6, 6.07) is 5.72. The molecule has 1 aliphatic rings. The number of aromatic carboxylic acids is 1. The number of carboxylic acid groups (broad SMARTS) is 1. The van der Waals surface area contributed by atoms with Gasteiger partial charge in [-0.2, -0.15) is 0 Å². The third kappa shape index (κ3) is 1.58. The zero-order valence-corrected chi connectivity index (χ0v) is 10.5. The molecular weight excluding hydrogens is 226 g/mol. The Balaban J connectivity index is 2.43. The Hall–Kier alpha value is -1.90. The van der Waals surface area contributed by atoms with Crippen LogP contribution in [0.2, 0.25) is 0 Å². The van der Waals surface area contributed by atoms with Gasteiger partial charge in [0.1, 0.15) is 0 Å². The van der Waals surface area contributed by atoms with Gasteiger partial charge in [0.15, 0.2) is 0 Å². The molecule has 1 aromatic carbocycles. The molecular formula is C15H15NO2. The number of rotatable bonds is 2. The zero-order chi connectivity index (χ0) is 12.9. The van der Waals surface area contributed by atoms with E-state index in [9.17, 15) is 9.90 Å². The van der Waals surface area contributed by atoms with E-state index < -0.39 is 5.97 Å². The molecule has 1 fully saturated rings. The first-order valence-corrected chi connectivity index (χ1v) is 6.22. The topological polar surface area (TPSA) is 50.2 Å². The number of hydrogen-bond acceptors (Lipinski definition) is 2. The molecule has 0 unspecified atom stereocenters. The van der Waals surface area contributed by atoms with Gasteiger partial charge in [-0.3, -0.25) is 4.98 Å². The summed E-state index contributed by atoms with van der Waals surface area (Å²) in [7, 11) is 0. The molecule has 92 valence electrons. The van der Waals surface area contributed by atoms with Gasteiger partial charge in [-0.25, -0.2) is 4.79 Å². The second-order valence-corrected chi connectivity index (χ2v) is 5.05. The van der Waals surface area contributed by atoms with E-state index in [-0.39, 0.29) is 0 Å². The van der Waals surface area contributed by atoms with E-state index >= 15 is 0 Å². The number of carboxylic acids is 1. The van der Waals surface area contributed by atoms with Crippen LogP contribution >= 0.6 is 0 Å². The molecule has 0 atom stereocenters. The maximum Gasteiger partial charge on any atom is 0.336 e. The second kappa shape index (κ2) is 3.80. The van der Waals surface area contributed by atoms with Crippen molar-refractivity contribution < 1.29 is 9.90 Å². The highest BCUT2D eigenvalue weighted by molar-refractivity contribution is 6.04. The van der Waals surface area contributed by atoms with Crippen LogP contribution in [-0.2, 0) is 0 Å². The Morgan fingerprint density at radius 1 is 1.33 bits per heavy atom. The van der Waals surface area contributed by atoms with E-state index in [0.717, 1.165) is 40.6 Å². The first-order valence-electron chi connectivity index (χ1n) is 6.22. The largest absolute Gasteiger partial charge is 0.478 e. The van der Waals surface area contributed by atoms with Gasteiger partial charge in [-0.05, 0) is 37.8 Å². The fourth-order valence-corrected chi connectivity index (χ4v) is 2.57. The van der Waals surface area contributed by atoms with E-state index in [2.05, 4.69) is 0 Å². The van der Waals surface area contributed by atoms with Gasteiger partial charge < -0.3 is 5.11 Å². The van der Waals surface area contributed by atoms with Gasteiger partial charge in [0.25, 0.3) is 0 Å². The molecule has 0 saturated heterocycles. The molecule has 3 heteroatoms. The maximum absolute atomic E-state index is 11.5. The SMILES string of the molecule is Cc1c(C2CC2)nc2c(C)cccc2c1C(=O)O. The fourth-order valence-electron chi connectivity index (χ4n) is 2.57. The van der Waals surface area contributed by atoms with Crippen molar-refractivity contribution >= 4 is 16.9 Å². The minimum absolute atomic E-state index is 0.422. The van der Waals surface area contributed by atoms with Gasteiger partial charge in [-0.1, -0.05) is 18.2 Å². The van der Waals surface area contributed by atoms with Gasteiger partial charge in [0.2, 0.25) is 0 Å². The quantitative estimate of drug-likeness (QED) is 0.876. The average Bonchev–Trinajstić information content (AvgIpc) is 3.12. The predicted octanol–water partition coefficient (Wildman–Crippen LogP) is 3.43. The summed E-state index contributed by atoms with van der Waals surface area (Å²) >= 11 is 0. The average molecular weight is 241 g/mol. The number of para-hydroxylation sites is 1. The molecule has 0 radical (unpaired) electrons. The molecule has 0 bridgehead atoms. The summed E-state index contributed by atoms with van der Waals surface area (Å²) in [4.78, 5) is 16.2. The Morgan fingerprint density at radius 3 is 2.67 bits per heavy atom. The lowest BCUT2D eigenvalue weighted by Gasteiger charge is -2.12. The van der Waals surface area contributed by atoms with Crippen LogP contribution in [0.15, 0.2) is 18.2 Å². The number of carbonyl (C=O) groups is 1. The van der Waals surface area contributed by atoms with Crippen molar-refractivity contribution in [1.29, 1.82) is 0 Å². The highest BCUT2D eigenvalue weighted by Crippen LogP contribution is 2.42. The lowest BCUT2D eigenvalue weighted by atomic mass is 9.98. The van der Waals surface area contributed by atoms with Gasteiger partial charge >= 0.3 is 5.97 Å². The Kier molecular flexibility index (Phi) is 2.37. The van der Waals surface area contributed by atoms with Crippen LogP contribution in [0.5, 0.6) is 0 Å². The normalized spacial score (nSPS) is 15.0. The number of fused-ring (bicyclic) bond motifs is 1. The van der Waals surface area contributed by atoms with Crippen molar-refractivity contribution in [2.24, 2.45) is 0 Å². The predicted molar refractivity (Wildman–Crippen MR) is 70.2 cm³/mol. The lowest BCUT2D eigenvalue weighted by molar-refractivity contribution is 0.0698. The fraction of sp³-hybridized carbons (Fsp3) is 0.333. The minimum Gasteiger partial charge on any atom is -0.478 e. The molecule has 3 rings (SSSR count). The minimum atomic E-state index is -0.854. The maximum atomic E-state index is 11.5. The first-order chi connectivity index (χ1) is 8.59. The molecule has 1 aromatic heterocycles. The number of hydrogen-bond donors (Lipinski definition) is 1. The third-order valence-electron chi connectivity index (χ3n) is 3.68. The molecule has 1 saturated carbocycles. The van der Waals surface area contributed by atoms with E-state index in [1.54, 1.807) is 0 Å². The van der Waals surface area contributed by atoms with Crippen molar-refractivity contribution in [2.75, 3.05) is 0 Å². The summed E-state index contributed by atoms with van der Waals surface area (Å²) in [6.07, 6.45) is 2.26. The number of aryl methyl sites for hydroxylation is 1. The van der Waals surface area contributed by atoms with Crippen molar-refractivity contribution in [3.8, 4) is 0 Å². The first kappa shape index (κ1) is 11.2. The molecule has 1 heterocycles. The van der Waals surface area contributed by atoms with Gasteiger partial charge in [0.05, 0.1) is 11.1 Å². The molecule has 18 heavy (non-hydrogen) atoms. The monoisotopic (exact) mass is 241 g/mol. The van der Waals surface area contributed by atoms with Crippen molar-refractivity contribution in [2.45, 2.75) is 32.6 Å². The zero-order valence-electron chi connectivity index (χ0n) is 10.5. The van der Waals surface area contributed by atoms with Crippen LogP contribution in [0.1, 0.15) is 45.9 Å². The highest BCUT2D eigenvalue weighted by Gasteiger charge is 2.29. The molecule has 2 aromatic rings. The van der Waals surface area contributed by atoms with E-state index in [4.69, 9.17) is 4.98 Å². The second-order valence-electron chi connectivity index (χ2n) is 5.05. The molecule has 3 nitrogen and oxygen atoms in total. The molecule has 0 aliphatic heterocycles. The number of nitrogens with zero attached hydrogens (tertiary/aromatic N) is 1. The summed E-state index contributed by atoms with van der Waals surface area (Å²) < 4.78 is 0. The van der Waals surface area contributed by atoms with E-state index in [1.807, 2.05) is 32.0 Å². The van der Waals surface area contributed by atoms with Crippen LogP contribution in [0.25, 0.3) is 10.9 Å². The van der Waals surface area contributed by atoms with Crippen LogP contribution in [0, 0.1) is 13.8 Å². The number of aromatic nitrogens is 1. The van der Waals surface area contributed by atoms with Gasteiger partial charge in [0, 0.05) is 17.0 Å². The van der Waals surface area contributed by atoms with Crippen LogP contribution in [0.3, 0.4) is 0 Å². The van der Waals surface area contributed by atoms with Crippen LogP contribution < -0.4 is 0 Å². The molecule has 1 N–H and O–H groups in total. The molecule has 0 spiro atoms. The number of pyridine rings is 1. The summed E-state index contributed by atoms with van der Waals surface area (Å²) in [5, 5.41) is 10.2. The standard InChI is InChI=1S/C15H15NO2/c1-8-4-3-5-11-12(15(17)18)9(2)14(10-6-7-10)16-13(8)11/h3-5,10H,6-7H2,1-2H3,(H,17,18). The Morgan fingerprint density at radius 2 is 2.06 bits per heavy atom. The molecule has 0 amide bonds. The lowest BCUT2D eigenvalue weighted by Crippen LogP contribution is -2.06. The summed E-state index contributed by atoms with van der Waals surface area (Å²) in [5.74, 6) is -0.389. The van der Waals surface area contributed by atoms with E-state index in [1.165, 1.54) is 0 Å². The van der Waals surface area contributed by atoms with Crippen LogP contribution in [-0.4, -0.2) is 16.1 Å². The van der Waals surface area contributed by atoms with E-state index in [0.29, 0.717) is 11.5 Å². The summed E-state index contributed by atoms with van der Waals surface area (Å²) in [6.45, 7) is 3.86. The Bertz CT molecular complexity index is 657. The highest BCUT2D eigenvalue weighted by atomic mass is 16.4.